The van der Waals surface area contributed by atoms with Crippen LogP contribution in [0.15, 0.2) is 54.6 Å². The summed E-state index contributed by atoms with van der Waals surface area (Å²) in [6, 6.07) is 20.4. The third kappa shape index (κ3) is 1.85. The van der Waals surface area contributed by atoms with Crippen molar-refractivity contribution in [1.82, 2.24) is 4.98 Å². The first kappa shape index (κ1) is 11.9. The number of hydrogen-bond donors (Lipinski definition) is 0. The zero-order chi connectivity index (χ0) is 14.2. The highest BCUT2D eigenvalue weighted by molar-refractivity contribution is 5.87. The van der Waals surface area contributed by atoms with Gasteiger partial charge in [-0.2, -0.15) is 5.26 Å². The lowest BCUT2D eigenvalue weighted by atomic mass is 10.1. The lowest BCUT2D eigenvalue weighted by Crippen LogP contribution is -2.15. The van der Waals surface area contributed by atoms with Crippen LogP contribution in [0.5, 0.6) is 0 Å². The summed E-state index contributed by atoms with van der Waals surface area (Å²) in [6.45, 7) is 0.912. The fraction of sp³-hybridized carbons (Fsp3) is 0.111. The molecule has 3 nitrogen and oxygen atoms in total. The van der Waals surface area contributed by atoms with Crippen LogP contribution in [0, 0.1) is 11.3 Å². The van der Waals surface area contributed by atoms with Crippen molar-refractivity contribution in [3.63, 3.8) is 0 Å². The Morgan fingerprint density at radius 3 is 2.76 bits per heavy atom. The minimum absolute atomic E-state index is 0.681. The summed E-state index contributed by atoms with van der Waals surface area (Å²) in [5, 5.41) is 10.3. The maximum absolute atomic E-state index is 9.40. The van der Waals surface area contributed by atoms with Crippen LogP contribution in [0.25, 0.3) is 10.9 Å². The second-order valence-corrected chi connectivity index (χ2v) is 5.19. The number of nitrogens with zero attached hydrogens (tertiary/aromatic N) is 3. The number of fused-ring (bicyclic) bond motifs is 2. The summed E-state index contributed by atoms with van der Waals surface area (Å²) >= 11 is 0. The van der Waals surface area contributed by atoms with E-state index in [1.54, 1.807) is 0 Å². The molecule has 1 aliphatic rings. The number of benzene rings is 2. The Bertz CT molecular complexity index is 877. The molecule has 0 spiro atoms. The second-order valence-electron chi connectivity index (χ2n) is 5.19. The van der Waals surface area contributed by atoms with Crippen LogP contribution in [-0.2, 0) is 6.42 Å². The number of pyridine rings is 1. The smallest absolute Gasteiger partial charge is 0.135 e. The number of para-hydroxylation sites is 2. The fourth-order valence-electron chi connectivity index (χ4n) is 2.97. The highest BCUT2D eigenvalue weighted by atomic mass is 15.2. The predicted octanol–water partition coefficient (Wildman–Crippen LogP) is 3.80. The summed E-state index contributed by atoms with van der Waals surface area (Å²) in [5.74, 6) is 0.857. The molecule has 3 heteroatoms. The van der Waals surface area contributed by atoms with Crippen LogP contribution in [0.4, 0.5) is 11.5 Å². The van der Waals surface area contributed by atoms with Gasteiger partial charge in [0.25, 0.3) is 0 Å². The van der Waals surface area contributed by atoms with E-state index in [0.29, 0.717) is 5.56 Å². The Kier molecular flexibility index (Phi) is 2.61. The van der Waals surface area contributed by atoms with Gasteiger partial charge in [0.2, 0.25) is 0 Å². The molecule has 1 aromatic heterocycles. The Morgan fingerprint density at radius 2 is 1.86 bits per heavy atom. The molecule has 0 saturated heterocycles. The van der Waals surface area contributed by atoms with Crippen molar-refractivity contribution < 1.29 is 0 Å². The van der Waals surface area contributed by atoms with Gasteiger partial charge in [0.15, 0.2) is 0 Å². The Balaban J connectivity index is 1.91. The van der Waals surface area contributed by atoms with Crippen molar-refractivity contribution in [3.05, 3.63) is 65.7 Å². The van der Waals surface area contributed by atoms with Crippen molar-refractivity contribution in [2.75, 3.05) is 11.4 Å². The van der Waals surface area contributed by atoms with E-state index in [0.717, 1.165) is 29.7 Å². The Morgan fingerprint density at radius 1 is 1.05 bits per heavy atom. The third-order valence-electron chi connectivity index (χ3n) is 3.99. The maximum atomic E-state index is 9.40. The van der Waals surface area contributed by atoms with E-state index in [-0.39, 0.29) is 0 Å². The van der Waals surface area contributed by atoms with Crippen LogP contribution in [0.1, 0.15) is 11.1 Å². The van der Waals surface area contributed by atoms with E-state index in [9.17, 15) is 5.26 Å². The van der Waals surface area contributed by atoms with Crippen molar-refractivity contribution in [2.24, 2.45) is 0 Å². The second kappa shape index (κ2) is 4.60. The molecule has 0 saturated carbocycles. The van der Waals surface area contributed by atoms with Gasteiger partial charge < -0.3 is 4.90 Å². The van der Waals surface area contributed by atoms with Gasteiger partial charge in [-0.15, -0.1) is 0 Å². The fourth-order valence-corrected chi connectivity index (χ4v) is 2.97. The minimum atomic E-state index is 0.681. The first-order valence-electron chi connectivity index (χ1n) is 7.02. The van der Waals surface area contributed by atoms with E-state index in [1.165, 1.54) is 11.3 Å². The van der Waals surface area contributed by atoms with Gasteiger partial charge in [0.1, 0.15) is 5.82 Å². The molecule has 2 aromatic carbocycles. The average Bonchev–Trinajstić information content (AvgIpc) is 2.98. The maximum Gasteiger partial charge on any atom is 0.135 e. The van der Waals surface area contributed by atoms with Gasteiger partial charge in [-0.3, -0.25) is 0 Å². The first-order valence-corrected chi connectivity index (χ1v) is 7.02. The first-order chi connectivity index (χ1) is 10.4. The molecule has 4 rings (SSSR count). The molecule has 0 unspecified atom stereocenters. The molecule has 0 radical (unpaired) electrons. The molecule has 0 amide bonds. The number of anilines is 2. The van der Waals surface area contributed by atoms with Crippen molar-refractivity contribution in [3.8, 4) is 6.07 Å². The summed E-state index contributed by atoms with van der Waals surface area (Å²) in [4.78, 5) is 6.94. The van der Waals surface area contributed by atoms with Crippen molar-refractivity contribution >= 4 is 22.4 Å². The lowest BCUT2D eigenvalue weighted by Gasteiger charge is -2.19. The van der Waals surface area contributed by atoms with Crippen LogP contribution in [0.2, 0.25) is 0 Å². The van der Waals surface area contributed by atoms with Gasteiger partial charge in [-0.05, 0) is 30.2 Å². The summed E-state index contributed by atoms with van der Waals surface area (Å²) < 4.78 is 0. The molecule has 0 fully saturated rings. The van der Waals surface area contributed by atoms with Gasteiger partial charge in [-0.25, -0.2) is 4.98 Å². The van der Waals surface area contributed by atoms with Gasteiger partial charge in [0, 0.05) is 17.6 Å². The minimum Gasteiger partial charge on any atom is -0.326 e. The number of aromatic nitrogens is 1. The zero-order valence-corrected chi connectivity index (χ0v) is 11.5. The van der Waals surface area contributed by atoms with Gasteiger partial charge >= 0.3 is 0 Å². The third-order valence-corrected chi connectivity index (χ3v) is 3.99. The summed E-state index contributed by atoms with van der Waals surface area (Å²) in [5.41, 5.74) is 4.09. The summed E-state index contributed by atoms with van der Waals surface area (Å²) in [6.07, 6.45) is 1.02. The lowest BCUT2D eigenvalue weighted by molar-refractivity contribution is 0.979. The normalized spacial score (nSPS) is 13.2. The van der Waals surface area contributed by atoms with Gasteiger partial charge in [0.05, 0.1) is 17.1 Å². The Hall–Kier alpha value is -2.86. The largest absolute Gasteiger partial charge is 0.326 e. The molecule has 21 heavy (non-hydrogen) atoms. The molecule has 3 aromatic rings. The average molecular weight is 271 g/mol. The standard InChI is InChI=1S/C18H13N3/c19-12-14-11-18(20-16-7-3-2-6-15(14)16)21-10-9-13-5-1-4-8-17(13)21/h1-8,11H,9-10H2. The zero-order valence-electron chi connectivity index (χ0n) is 11.5. The van der Waals surface area contributed by atoms with E-state index >= 15 is 0 Å². The molecule has 2 heterocycles. The van der Waals surface area contributed by atoms with Crippen LogP contribution < -0.4 is 4.90 Å². The van der Waals surface area contributed by atoms with Crippen LogP contribution in [0.3, 0.4) is 0 Å². The topological polar surface area (TPSA) is 39.9 Å². The SMILES string of the molecule is N#Cc1cc(N2CCc3ccccc32)nc2ccccc12. The van der Waals surface area contributed by atoms with E-state index in [2.05, 4.69) is 29.2 Å². The predicted molar refractivity (Wildman–Crippen MR) is 83.6 cm³/mol. The highest BCUT2D eigenvalue weighted by Crippen LogP contribution is 2.34. The number of hydrogen-bond acceptors (Lipinski definition) is 3. The Labute approximate surface area is 123 Å². The van der Waals surface area contributed by atoms with Crippen molar-refractivity contribution in [2.45, 2.75) is 6.42 Å². The molecular weight excluding hydrogens is 258 g/mol. The molecule has 0 atom stereocenters. The van der Waals surface area contributed by atoms with Crippen LogP contribution >= 0.6 is 0 Å². The summed E-state index contributed by atoms with van der Waals surface area (Å²) in [7, 11) is 0. The molecular formula is C18H13N3. The van der Waals surface area contributed by atoms with E-state index in [1.807, 2.05) is 36.4 Å². The van der Waals surface area contributed by atoms with Gasteiger partial charge in [-0.1, -0.05) is 36.4 Å². The van der Waals surface area contributed by atoms with Crippen LogP contribution in [-0.4, -0.2) is 11.5 Å². The highest BCUT2D eigenvalue weighted by Gasteiger charge is 2.21. The molecule has 100 valence electrons. The molecule has 0 aliphatic carbocycles. The molecule has 1 aliphatic heterocycles. The van der Waals surface area contributed by atoms with E-state index < -0.39 is 0 Å². The number of rotatable bonds is 1. The van der Waals surface area contributed by atoms with Crippen molar-refractivity contribution in [1.29, 1.82) is 5.26 Å². The monoisotopic (exact) mass is 271 g/mol. The number of nitriles is 1. The quantitative estimate of drug-likeness (QED) is 0.676. The van der Waals surface area contributed by atoms with E-state index in [4.69, 9.17) is 4.98 Å². The molecule has 0 N–H and O–H groups in total. The molecule has 0 bridgehead atoms.